The summed E-state index contributed by atoms with van der Waals surface area (Å²) in [7, 11) is 4.72. The highest BCUT2D eigenvalue weighted by Crippen LogP contribution is 2.38. The van der Waals surface area contributed by atoms with Crippen LogP contribution in [0.4, 0.5) is 0 Å². The number of hydrogen-bond donors (Lipinski definition) is 0. The van der Waals surface area contributed by atoms with Crippen molar-refractivity contribution in [2.75, 3.05) is 47.5 Å². The lowest BCUT2D eigenvalue weighted by atomic mass is 9.95. The van der Waals surface area contributed by atoms with E-state index in [1.54, 1.807) is 33.5 Å². The lowest BCUT2D eigenvalue weighted by Crippen LogP contribution is -2.57. The van der Waals surface area contributed by atoms with Crippen LogP contribution in [0.1, 0.15) is 49.4 Å². The van der Waals surface area contributed by atoms with Crippen LogP contribution in [-0.2, 0) is 0 Å². The first-order chi connectivity index (χ1) is 13.6. The number of nitrogens with zero attached hydrogens (tertiary/aromatic N) is 2. The number of hydrogen-bond acceptors (Lipinski definition) is 6. The Morgan fingerprint density at radius 3 is 2.27 bits per heavy atom. The number of carbonyl (C=O) groups is 1. The molecule has 0 aliphatic carbocycles. The number of Topliss-reactive ketones (excluding diaryl/α,β-unsaturated/α-hetero) is 1. The number of halogens is 2. The van der Waals surface area contributed by atoms with E-state index in [4.69, 9.17) is 14.2 Å². The molecule has 0 spiro atoms. The SMILES string of the molecule is CCC(CC(=O)c1cc(OC)c(OC)c(OC)c1)N1CCN2CCCCC2C1.Cl.Cl. The van der Waals surface area contributed by atoms with E-state index in [1.807, 2.05) is 0 Å². The molecule has 2 atom stereocenters. The summed E-state index contributed by atoms with van der Waals surface area (Å²) in [5, 5.41) is 0. The third-order valence-electron chi connectivity index (χ3n) is 6.26. The van der Waals surface area contributed by atoms with E-state index in [0.29, 0.717) is 35.3 Å². The van der Waals surface area contributed by atoms with Crippen molar-refractivity contribution in [3.8, 4) is 17.2 Å². The average Bonchev–Trinajstić information content (AvgIpc) is 2.75. The number of rotatable bonds is 8. The second-order valence-electron chi connectivity index (χ2n) is 7.78. The molecule has 0 radical (unpaired) electrons. The van der Waals surface area contributed by atoms with E-state index in [9.17, 15) is 4.79 Å². The molecule has 6 nitrogen and oxygen atoms in total. The van der Waals surface area contributed by atoms with Crippen LogP contribution in [0.5, 0.6) is 17.2 Å². The minimum Gasteiger partial charge on any atom is -0.493 e. The Morgan fingerprint density at radius 2 is 1.70 bits per heavy atom. The van der Waals surface area contributed by atoms with E-state index in [2.05, 4.69) is 16.7 Å². The molecule has 2 unspecified atom stereocenters. The van der Waals surface area contributed by atoms with Crippen LogP contribution in [0.3, 0.4) is 0 Å². The predicted molar refractivity (Wildman–Crippen MR) is 124 cm³/mol. The number of piperidine rings is 1. The standard InChI is InChI=1S/C22H34N2O4.2ClH/c1-5-17(24-11-10-23-9-7-6-8-18(23)15-24)14-19(25)16-12-20(26-2)22(28-4)21(13-16)27-3;;/h12-13,17-18H,5-11,14-15H2,1-4H3;2*1H. The number of methoxy groups -OCH3 is 3. The smallest absolute Gasteiger partial charge is 0.203 e. The molecule has 0 aromatic heterocycles. The van der Waals surface area contributed by atoms with Gasteiger partial charge in [-0.2, -0.15) is 0 Å². The highest BCUT2D eigenvalue weighted by atomic mass is 35.5. The van der Waals surface area contributed by atoms with Gasteiger partial charge in [0.15, 0.2) is 17.3 Å². The molecule has 172 valence electrons. The number of ether oxygens (including phenoxy) is 3. The maximum Gasteiger partial charge on any atom is 0.203 e. The molecule has 2 heterocycles. The molecule has 0 saturated carbocycles. The van der Waals surface area contributed by atoms with Crippen LogP contribution in [0, 0.1) is 0 Å². The van der Waals surface area contributed by atoms with Gasteiger partial charge in [0.1, 0.15) is 0 Å². The molecule has 1 aromatic rings. The van der Waals surface area contributed by atoms with Crippen LogP contribution in [0.25, 0.3) is 0 Å². The molecule has 2 fully saturated rings. The number of carbonyl (C=O) groups excluding carboxylic acids is 1. The normalized spacial score (nSPS) is 20.2. The van der Waals surface area contributed by atoms with Crippen molar-refractivity contribution in [2.24, 2.45) is 0 Å². The molecule has 0 amide bonds. The topological polar surface area (TPSA) is 51.2 Å². The first-order valence-corrected chi connectivity index (χ1v) is 10.4. The van der Waals surface area contributed by atoms with Crippen LogP contribution < -0.4 is 14.2 Å². The molecule has 3 rings (SSSR count). The number of piperazine rings is 1. The summed E-state index contributed by atoms with van der Waals surface area (Å²) in [4.78, 5) is 18.2. The summed E-state index contributed by atoms with van der Waals surface area (Å²) in [5.74, 6) is 1.68. The molecule has 8 heteroatoms. The van der Waals surface area contributed by atoms with Gasteiger partial charge in [-0.25, -0.2) is 0 Å². The molecule has 2 aliphatic rings. The lowest BCUT2D eigenvalue weighted by molar-refractivity contribution is 0.0244. The maximum atomic E-state index is 13.1. The van der Waals surface area contributed by atoms with Gasteiger partial charge >= 0.3 is 0 Å². The van der Waals surface area contributed by atoms with E-state index < -0.39 is 0 Å². The maximum absolute atomic E-state index is 13.1. The predicted octanol–water partition coefficient (Wildman–Crippen LogP) is 4.08. The van der Waals surface area contributed by atoms with Crippen LogP contribution in [0.15, 0.2) is 12.1 Å². The second kappa shape index (κ2) is 12.6. The Kier molecular flexibility index (Phi) is 11.3. The Morgan fingerprint density at radius 1 is 1.03 bits per heavy atom. The van der Waals surface area contributed by atoms with Crippen molar-refractivity contribution in [3.63, 3.8) is 0 Å². The van der Waals surface area contributed by atoms with Gasteiger partial charge in [-0.3, -0.25) is 14.6 Å². The van der Waals surface area contributed by atoms with Gasteiger partial charge < -0.3 is 14.2 Å². The van der Waals surface area contributed by atoms with Gasteiger partial charge in [-0.15, -0.1) is 24.8 Å². The zero-order chi connectivity index (χ0) is 20.1. The summed E-state index contributed by atoms with van der Waals surface area (Å²) in [5.41, 5.74) is 0.615. The molecule has 0 N–H and O–H groups in total. The van der Waals surface area contributed by atoms with Crippen molar-refractivity contribution < 1.29 is 19.0 Å². The van der Waals surface area contributed by atoms with E-state index in [1.165, 1.54) is 25.8 Å². The summed E-state index contributed by atoms with van der Waals surface area (Å²) in [6.45, 7) is 6.68. The molecule has 2 aliphatic heterocycles. The molecule has 0 bridgehead atoms. The van der Waals surface area contributed by atoms with E-state index >= 15 is 0 Å². The number of ketones is 1. The molecule has 30 heavy (non-hydrogen) atoms. The summed E-state index contributed by atoms with van der Waals surface area (Å²) in [6.07, 6.45) is 5.43. The van der Waals surface area contributed by atoms with Gasteiger partial charge in [0.25, 0.3) is 0 Å². The highest BCUT2D eigenvalue weighted by molar-refractivity contribution is 5.97. The van der Waals surface area contributed by atoms with Crippen LogP contribution >= 0.6 is 24.8 Å². The summed E-state index contributed by atoms with van der Waals surface area (Å²) in [6, 6.07) is 4.45. The molecule has 1 aromatic carbocycles. The quantitative estimate of drug-likeness (QED) is 0.542. The van der Waals surface area contributed by atoms with Gasteiger partial charge in [0.2, 0.25) is 5.75 Å². The van der Waals surface area contributed by atoms with Gasteiger partial charge in [0, 0.05) is 43.7 Å². The Bertz CT molecular complexity index is 664. The zero-order valence-electron chi connectivity index (χ0n) is 18.5. The van der Waals surface area contributed by atoms with Crippen molar-refractivity contribution in [1.82, 2.24) is 9.80 Å². The number of fused-ring (bicyclic) bond motifs is 1. The first-order valence-electron chi connectivity index (χ1n) is 10.4. The highest BCUT2D eigenvalue weighted by Gasteiger charge is 2.32. The minimum absolute atomic E-state index is 0. The van der Waals surface area contributed by atoms with Crippen molar-refractivity contribution in [1.29, 1.82) is 0 Å². The molecular formula is C22H36Cl2N2O4. The van der Waals surface area contributed by atoms with Gasteiger partial charge in [-0.05, 0) is 37.9 Å². The van der Waals surface area contributed by atoms with E-state index in [0.717, 1.165) is 26.1 Å². The summed E-state index contributed by atoms with van der Waals surface area (Å²) < 4.78 is 16.2. The zero-order valence-corrected chi connectivity index (χ0v) is 20.2. The fourth-order valence-electron chi connectivity index (χ4n) is 4.62. The van der Waals surface area contributed by atoms with Crippen molar-refractivity contribution >= 4 is 30.6 Å². The second-order valence-corrected chi connectivity index (χ2v) is 7.78. The average molecular weight is 463 g/mol. The molecular weight excluding hydrogens is 427 g/mol. The summed E-state index contributed by atoms with van der Waals surface area (Å²) >= 11 is 0. The lowest BCUT2D eigenvalue weighted by Gasteiger charge is -2.46. The molecule has 2 saturated heterocycles. The van der Waals surface area contributed by atoms with Crippen LogP contribution in [0.2, 0.25) is 0 Å². The third-order valence-corrected chi connectivity index (χ3v) is 6.26. The third kappa shape index (κ3) is 5.94. The van der Waals surface area contributed by atoms with E-state index in [-0.39, 0.29) is 36.6 Å². The monoisotopic (exact) mass is 462 g/mol. The van der Waals surface area contributed by atoms with Crippen molar-refractivity contribution in [3.05, 3.63) is 17.7 Å². The Balaban J connectivity index is 0.00000225. The first kappa shape index (κ1) is 26.8. The van der Waals surface area contributed by atoms with Gasteiger partial charge in [0.05, 0.1) is 21.3 Å². The number of benzene rings is 1. The Labute approximate surface area is 193 Å². The minimum atomic E-state index is 0. The van der Waals surface area contributed by atoms with Crippen molar-refractivity contribution in [2.45, 2.75) is 51.1 Å². The van der Waals surface area contributed by atoms with Crippen LogP contribution in [-0.4, -0.2) is 75.2 Å². The van der Waals surface area contributed by atoms with Gasteiger partial charge in [-0.1, -0.05) is 13.3 Å². The fraction of sp³-hybridized carbons (Fsp3) is 0.682. The Hall–Kier alpha value is -1.21. The fourth-order valence-corrected chi connectivity index (χ4v) is 4.62. The largest absolute Gasteiger partial charge is 0.493 e.